The lowest BCUT2D eigenvalue weighted by molar-refractivity contribution is 0.0631. The molecular weight excluding hydrogens is 454 g/mol. The van der Waals surface area contributed by atoms with Gasteiger partial charge >= 0.3 is 0 Å². The van der Waals surface area contributed by atoms with Crippen molar-refractivity contribution in [1.29, 1.82) is 0 Å². The molecular formula is C20H20BrCl2FN2O. The number of halogens is 4. The Morgan fingerprint density at radius 3 is 2.44 bits per heavy atom. The van der Waals surface area contributed by atoms with Gasteiger partial charge in [0.2, 0.25) is 0 Å². The van der Waals surface area contributed by atoms with Gasteiger partial charge in [-0.3, -0.25) is 0 Å². The average molecular weight is 474 g/mol. The molecule has 3 rings (SSSR count). The Morgan fingerprint density at radius 2 is 1.89 bits per heavy atom. The minimum absolute atomic E-state index is 0.156. The van der Waals surface area contributed by atoms with Gasteiger partial charge in [0.05, 0.1) is 17.6 Å². The first-order chi connectivity index (χ1) is 12.6. The van der Waals surface area contributed by atoms with E-state index in [-0.39, 0.29) is 6.54 Å². The van der Waals surface area contributed by atoms with Crippen molar-refractivity contribution in [1.82, 2.24) is 0 Å². The van der Waals surface area contributed by atoms with Gasteiger partial charge < -0.3 is 10.0 Å². The number of β-amino-alcohol motifs (C(OH)–C–C–N with tert-alkyl or cyclic N) is 1. The van der Waals surface area contributed by atoms with Gasteiger partial charge in [0.15, 0.2) is 5.72 Å². The van der Waals surface area contributed by atoms with E-state index in [1.54, 1.807) is 35.2 Å². The molecule has 0 aromatic heterocycles. The number of aliphatic imine (C=N–C) groups is 1. The zero-order valence-corrected chi connectivity index (χ0v) is 18.3. The largest absolute Gasteiger partial charge is 0.368 e. The van der Waals surface area contributed by atoms with E-state index in [0.717, 1.165) is 0 Å². The quantitative estimate of drug-likeness (QED) is 0.574. The van der Waals surface area contributed by atoms with E-state index in [1.807, 2.05) is 20.8 Å². The number of hydrogen-bond donors (Lipinski definition) is 1. The Kier molecular flexibility index (Phi) is 5.61. The highest BCUT2D eigenvalue weighted by atomic mass is 79.9. The fraction of sp³-hybridized carbons (Fsp3) is 0.350. The van der Waals surface area contributed by atoms with Crippen LogP contribution in [0.1, 0.15) is 32.8 Å². The maximum absolute atomic E-state index is 14.7. The van der Waals surface area contributed by atoms with Gasteiger partial charge in [-0.25, -0.2) is 9.38 Å². The zero-order chi connectivity index (χ0) is 20.0. The predicted octanol–water partition coefficient (Wildman–Crippen LogP) is 6.19. The summed E-state index contributed by atoms with van der Waals surface area (Å²) in [6.07, 6.45) is 0.400. The number of aliphatic hydroxyl groups is 1. The summed E-state index contributed by atoms with van der Waals surface area (Å²) in [6, 6.07) is 10.1. The second-order valence-corrected chi connectivity index (χ2v) is 8.91. The Morgan fingerprint density at radius 1 is 1.26 bits per heavy atom. The highest BCUT2D eigenvalue weighted by Gasteiger charge is 2.45. The van der Waals surface area contributed by atoms with Crippen molar-refractivity contribution in [3.8, 4) is 0 Å². The molecule has 1 N–H and O–H groups in total. The number of anilines is 1. The number of rotatable bonds is 4. The second kappa shape index (κ2) is 7.36. The lowest BCUT2D eigenvalue weighted by Crippen LogP contribution is -2.43. The Balaban J connectivity index is 2.18. The van der Waals surface area contributed by atoms with Crippen LogP contribution in [0, 0.1) is 5.82 Å². The molecule has 0 amide bonds. The third kappa shape index (κ3) is 3.75. The van der Waals surface area contributed by atoms with Crippen molar-refractivity contribution < 1.29 is 9.50 Å². The summed E-state index contributed by atoms with van der Waals surface area (Å²) in [6.45, 7) is 5.84. The van der Waals surface area contributed by atoms with Gasteiger partial charge in [-0.1, -0.05) is 52.1 Å². The van der Waals surface area contributed by atoms with E-state index in [9.17, 15) is 9.50 Å². The summed E-state index contributed by atoms with van der Waals surface area (Å²) >= 11 is 16.2. The van der Waals surface area contributed by atoms with E-state index < -0.39 is 17.0 Å². The lowest BCUT2D eigenvalue weighted by Gasteiger charge is -2.34. The molecule has 3 nitrogen and oxygen atoms in total. The van der Waals surface area contributed by atoms with E-state index in [1.165, 1.54) is 6.07 Å². The van der Waals surface area contributed by atoms with E-state index in [2.05, 4.69) is 20.9 Å². The Bertz CT molecular complexity index is 899. The summed E-state index contributed by atoms with van der Waals surface area (Å²) in [5, 5.41) is 11.9. The average Bonchev–Trinajstić information content (AvgIpc) is 2.94. The minimum atomic E-state index is -1.31. The normalized spacial score (nSPS) is 20.1. The first kappa shape index (κ1) is 20.6. The highest BCUT2D eigenvalue weighted by Crippen LogP contribution is 2.42. The van der Waals surface area contributed by atoms with Gasteiger partial charge in [-0.05, 0) is 50.6 Å². The molecule has 0 saturated carbocycles. The van der Waals surface area contributed by atoms with Gasteiger partial charge in [-0.2, -0.15) is 0 Å². The first-order valence-corrected chi connectivity index (χ1v) is 10.1. The van der Waals surface area contributed by atoms with Crippen LogP contribution in [0.4, 0.5) is 10.1 Å². The van der Waals surface area contributed by atoms with Crippen molar-refractivity contribution in [2.45, 2.75) is 38.3 Å². The van der Waals surface area contributed by atoms with Crippen LogP contribution in [0.5, 0.6) is 0 Å². The van der Waals surface area contributed by atoms with Crippen molar-refractivity contribution in [3.05, 3.63) is 62.3 Å². The lowest BCUT2D eigenvalue weighted by atomic mass is 9.82. The maximum Gasteiger partial charge on any atom is 0.175 e. The summed E-state index contributed by atoms with van der Waals surface area (Å²) in [7, 11) is 0. The van der Waals surface area contributed by atoms with Crippen molar-refractivity contribution in [3.63, 3.8) is 0 Å². The second-order valence-electron chi connectivity index (χ2n) is 7.17. The number of nitrogens with zero attached hydrogens (tertiary/aromatic N) is 2. The fourth-order valence-electron chi connectivity index (χ4n) is 3.40. The number of benzene rings is 2. The van der Waals surface area contributed by atoms with Gasteiger partial charge in [0, 0.05) is 20.1 Å². The molecule has 1 atom stereocenters. The molecule has 0 bridgehead atoms. The van der Waals surface area contributed by atoms with Crippen LogP contribution in [0.15, 0.2) is 45.9 Å². The van der Waals surface area contributed by atoms with Crippen molar-refractivity contribution in [2.75, 3.05) is 11.4 Å². The van der Waals surface area contributed by atoms with Gasteiger partial charge in [0.25, 0.3) is 0 Å². The Labute approximate surface area is 176 Å². The molecule has 0 aliphatic carbocycles. The third-order valence-electron chi connectivity index (χ3n) is 4.89. The van der Waals surface area contributed by atoms with Crippen LogP contribution in [-0.4, -0.2) is 23.2 Å². The molecule has 1 aliphatic rings. The molecule has 0 radical (unpaired) electrons. The van der Waals surface area contributed by atoms with Crippen LogP contribution in [0.3, 0.4) is 0 Å². The molecule has 144 valence electrons. The Hall–Kier alpha value is -1.14. The third-order valence-corrected chi connectivity index (χ3v) is 6.02. The summed E-state index contributed by atoms with van der Waals surface area (Å²) in [4.78, 5) is 6.31. The van der Waals surface area contributed by atoms with Gasteiger partial charge in [-0.15, -0.1) is 0 Å². The standard InChI is InChI=1S/C20H20BrCl2FN2O/c1-4-20(27)11-26(16-9-8-12(21)10-15(16)24)18(25-20)19(2,3)17-13(22)6-5-7-14(17)23/h5-10,27H,4,11H2,1-3H3. The summed E-state index contributed by atoms with van der Waals surface area (Å²) < 4.78 is 15.4. The monoisotopic (exact) mass is 472 g/mol. The predicted molar refractivity (Wildman–Crippen MR) is 114 cm³/mol. The van der Waals surface area contributed by atoms with Crippen LogP contribution < -0.4 is 4.90 Å². The van der Waals surface area contributed by atoms with E-state index in [0.29, 0.717) is 38.0 Å². The number of amidine groups is 1. The molecule has 0 saturated heterocycles. The smallest absolute Gasteiger partial charge is 0.175 e. The molecule has 2 aromatic carbocycles. The van der Waals surface area contributed by atoms with Crippen LogP contribution in [-0.2, 0) is 5.41 Å². The molecule has 1 heterocycles. The van der Waals surface area contributed by atoms with Crippen LogP contribution in [0.25, 0.3) is 0 Å². The molecule has 1 aliphatic heterocycles. The molecule has 2 aromatic rings. The highest BCUT2D eigenvalue weighted by molar-refractivity contribution is 9.10. The maximum atomic E-state index is 14.7. The van der Waals surface area contributed by atoms with Crippen LogP contribution in [0.2, 0.25) is 10.0 Å². The zero-order valence-electron chi connectivity index (χ0n) is 15.2. The topological polar surface area (TPSA) is 35.8 Å². The van der Waals surface area contributed by atoms with Gasteiger partial charge in [0.1, 0.15) is 11.7 Å². The first-order valence-electron chi connectivity index (χ1n) is 8.59. The van der Waals surface area contributed by atoms with E-state index in [4.69, 9.17) is 23.2 Å². The number of hydrogen-bond acceptors (Lipinski definition) is 3. The van der Waals surface area contributed by atoms with E-state index >= 15 is 0 Å². The summed E-state index contributed by atoms with van der Waals surface area (Å²) in [5.74, 6) is 0.113. The summed E-state index contributed by atoms with van der Waals surface area (Å²) in [5.41, 5.74) is -1.03. The van der Waals surface area contributed by atoms with Crippen LogP contribution >= 0.6 is 39.1 Å². The molecule has 1 unspecified atom stereocenters. The van der Waals surface area contributed by atoms with Crippen molar-refractivity contribution >= 4 is 50.7 Å². The fourth-order valence-corrected chi connectivity index (χ4v) is 4.60. The SMILES string of the molecule is CCC1(O)CN(c2ccc(Br)cc2F)C(C(C)(C)c2c(Cl)cccc2Cl)=N1. The molecule has 7 heteroatoms. The molecule has 27 heavy (non-hydrogen) atoms. The minimum Gasteiger partial charge on any atom is -0.368 e. The molecule has 0 fully saturated rings. The molecule has 0 spiro atoms. The van der Waals surface area contributed by atoms with Crippen molar-refractivity contribution in [2.24, 2.45) is 4.99 Å².